The molecule has 2 aromatic carbocycles. The van der Waals surface area contributed by atoms with Crippen LogP contribution < -0.4 is 14.8 Å². The molecule has 2 aliphatic heterocycles. The van der Waals surface area contributed by atoms with Gasteiger partial charge < -0.3 is 24.6 Å². The number of fused-ring (bicyclic) bond motifs is 1. The minimum Gasteiger partial charge on any atom is -0.395 e. The third kappa shape index (κ3) is 4.68. The average Bonchev–Trinajstić information content (AvgIpc) is 3.03. The van der Waals surface area contributed by atoms with Crippen LogP contribution in [0.5, 0.6) is 11.5 Å². The number of likely N-dealkylation sites (tertiary alicyclic amines) is 1. The summed E-state index contributed by atoms with van der Waals surface area (Å²) in [6.07, 6.45) is -1.32. The predicted molar refractivity (Wildman–Crippen MR) is 113 cm³/mol. The van der Waals surface area contributed by atoms with Crippen LogP contribution in [0.2, 0.25) is 0 Å². The van der Waals surface area contributed by atoms with Crippen LogP contribution in [0.4, 0.5) is 14.5 Å². The van der Waals surface area contributed by atoms with Crippen LogP contribution in [-0.2, 0) is 13.1 Å². The molecule has 30 heavy (non-hydrogen) atoms. The zero-order valence-corrected chi connectivity index (χ0v) is 17.8. The molecule has 1 fully saturated rings. The highest BCUT2D eigenvalue weighted by atomic mass is 19.3. The number of hydrogen-bond donors (Lipinski definition) is 1. The van der Waals surface area contributed by atoms with Gasteiger partial charge in [-0.1, -0.05) is 24.3 Å². The van der Waals surface area contributed by atoms with Crippen LogP contribution in [-0.4, -0.2) is 50.3 Å². The van der Waals surface area contributed by atoms with Gasteiger partial charge in [0.1, 0.15) is 0 Å². The number of benzene rings is 2. The molecule has 0 bridgehead atoms. The van der Waals surface area contributed by atoms with Gasteiger partial charge >= 0.3 is 6.29 Å². The van der Waals surface area contributed by atoms with Crippen molar-refractivity contribution in [2.24, 2.45) is 0 Å². The molecule has 0 amide bonds. The van der Waals surface area contributed by atoms with E-state index in [4.69, 9.17) is 9.47 Å². The van der Waals surface area contributed by atoms with E-state index in [1.807, 2.05) is 43.3 Å². The number of alkyl halides is 2. The summed E-state index contributed by atoms with van der Waals surface area (Å²) in [6, 6.07) is 12.1. The lowest BCUT2D eigenvalue weighted by Crippen LogP contribution is -2.29. The first kappa shape index (κ1) is 20.9. The molecule has 1 N–H and O–H groups in total. The topological polar surface area (TPSA) is 37.0 Å². The van der Waals surface area contributed by atoms with Gasteiger partial charge in [-0.05, 0) is 70.7 Å². The fraction of sp³-hybridized carbons (Fsp3) is 0.478. The Kier molecular flexibility index (Phi) is 5.84. The van der Waals surface area contributed by atoms with E-state index in [2.05, 4.69) is 29.4 Å². The summed E-state index contributed by atoms with van der Waals surface area (Å²) in [5.74, 6) is 0.819. The van der Waals surface area contributed by atoms with Crippen LogP contribution in [0.1, 0.15) is 35.4 Å². The lowest BCUT2D eigenvalue weighted by Gasteiger charge is -2.29. The molecular formula is C23H29F2N3O2. The Labute approximate surface area is 176 Å². The van der Waals surface area contributed by atoms with Gasteiger partial charge in [0.2, 0.25) is 0 Å². The molecule has 5 nitrogen and oxygen atoms in total. The number of hydrogen-bond acceptors (Lipinski definition) is 5. The Bertz CT molecular complexity index is 896. The number of ether oxygens (including phenoxy) is 2. The zero-order chi connectivity index (χ0) is 21.3. The molecule has 0 radical (unpaired) electrons. The van der Waals surface area contributed by atoms with Gasteiger partial charge in [-0.3, -0.25) is 0 Å². The van der Waals surface area contributed by atoms with Crippen LogP contribution in [0, 0.1) is 0 Å². The van der Waals surface area contributed by atoms with Gasteiger partial charge in [0.25, 0.3) is 0 Å². The minimum absolute atomic E-state index is 0.123. The van der Waals surface area contributed by atoms with E-state index >= 15 is 0 Å². The van der Waals surface area contributed by atoms with Crippen molar-refractivity contribution < 1.29 is 18.3 Å². The molecule has 0 atom stereocenters. The molecule has 0 aliphatic carbocycles. The average molecular weight is 418 g/mol. The van der Waals surface area contributed by atoms with Crippen molar-refractivity contribution in [1.82, 2.24) is 9.80 Å². The minimum atomic E-state index is -3.63. The first-order valence-electron chi connectivity index (χ1n) is 10.4. The van der Waals surface area contributed by atoms with Crippen molar-refractivity contribution in [2.45, 2.75) is 38.1 Å². The number of piperidine rings is 1. The third-order valence-corrected chi connectivity index (χ3v) is 5.76. The van der Waals surface area contributed by atoms with E-state index in [1.165, 1.54) is 5.56 Å². The third-order valence-electron chi connectivity index (χ3n) is 5.76. The number of nitrogens with one attached hydrogen (secondary N) is 1. The van der Waals surface area contributed by atoms with Crippen LogP contribution in [0.3, 0.4) is 0 Å². The number of anilines is 1. The molecule has 0 spiro atoms. The molecule has 7 heteroatoms. The molecule has 0 unspecified atom stereocenters. The Hall–Kier alpha value is -2.38. The summed E-state index contributed by atoms with van der Waals surface area (Å²) in [5, 5.41) is 3.37. The Morgan fingerprint density at radius 1 is 1.07 bits per heavy atom. The maximum absolute atomic E-state index is 13.8. The first-order chi connectivity index (χ1) is 14.3. The van der Waals surface area contributed by atoms with Crippen molar-refractivity contribution in [3.63, 3.8) is 0 Å². The van der Waals surface area contributed by atoms with Gasteiger partial charge in [0.05, 0.1) is 0 Å². The quantitative estimate of drug-likeness (QED) is 0.750. The molecule has 1 saturated heterocycles. The predicted octanol–water partition coefficient (Wildman–Crippen LogP) is 4.49. The van der Waals surface area contributed by atoms with Crippen molar-refractivity contribution in [2.75, 3.05) is 39.5 Å². The summed E-state index contributed by atoms with van der Waals surface area (Å²) in [5.41, 5.74) is 3.63. The molecule has 0 saturated carbocycles. The fourth-order valence-corrected chi connectivity index (χ4v) is 4.17. The van der Waals surface area contributed by atoms with Crippen LogP contribution in [0.15, 0.2) is 36.4 Å². The highest BCUT2D eigenvalue weighted by Crippen LogP contribution is 2.46. The summed E-state index contributed by atoms with van der Waals surface area (Å²) in [7, 11) is 5.92. The van der Waals surface area contributed by atoms with Gasteiger partial charge in [-0.15, -0.1) is 8.78 Å². The van der Waals surface area contributed by atoms with Gasteiger partial charge in [0, 0.05) is 29.9 Å². The lowest BCUT2D eigenvalue weighted by atomic mass is 9.89. The smallest absolute Gasteiger partial charge is 0.395 e. The second-order valence-corrected chi connectivity index (χ2v) is 8.50. The second kappa shape index (κ2) is 8.40. The van der Waals surface area contributed by atoms with Gasteiger partial charge in [-0.2, -0.15) is 0 Å². The summed E-state index contributed by atoms with van der Waals surface area (Å²) in [4.78, 5) is 4.26. The Morgan fingerprint density at radius 3 is 2.43 bits per heavy atom. The summed E-state index contributed by atoms with van der Waals surface area (Å²) in [6.45, 7) is 3.09. The highest BCUT2D eigenvalue weighted by molar-refractivity contribution is 5.56. The van der Waals surface area contributed by atoms with E-state index < -0.39 is 6.29 Å². The largest absolute Gasteiger partial charge is 0.586 e. The van der Waals surface area contributed by atoms with Crippen molar-refractivity contribution in [1.29, 1.82) is 0 Å². The lowest BCUT2D eigenvalue weighted by molar-refractivity contribution is -0.287. The normalized spacial score (nSPS) is 18.7. The molecular weight excluding hydrogens is 388 g/mol. The first-order valence-corrected chi connectivity index (χ1v) is 10.4. The summed E-state index contributed by atoms with van der Waals surface area (Å²) < 4.78 is 37.3. The molecule has 2 heterocycles. The molecule has 0 aromatic heterocycles. The molecule has 162 valence electrons. The van der Waals surface area contributed by atoms with Crippen molar-refractivity contribution in [3.8, 4) is 11.5 Å². The Balaban J connectivity index is 1.49. The number of nitrogens with zero attached hydrogens (tertiary/aromatic N) is 2. The molecule has 2 aliphatic rings. The monoisotopic (exact) mass is 417 g/mol. The maximum Gasteiger partial charge on any atom is 0.586 e. The van der Waals surface area contributed by atoms with E-state index in [-0.39, 0.29) is 11.5 Å². The van der Waals surface area contributed by atoms with E-state index in [0.29, 0.717) is 30.1 Å². The maximum atomic E-state index is 13.8. The van der Waals surface area contributed by atoms with E-state index in [1.54, 1.807) is 0 Å². The van der Waals surface area contributed by atoms with Gasteiger partial charge in [-0.25, -0.2) is 0 Å². The van der Waals surface area contributed by atoms with Crippen LogP contribution >= 0.6 is 0 Å². The SMILES string of the molecule is CN(C)Cc1ccc(CNc2cccc(C3CCN(C)CC3)c2)c2c1OC(F)(F)O2. The molecule has 2 aromatic rings. The van der Waals surface area contributed by atoms with E-state index in [0.717, 1.165) is 31.6 Å². The highest BCUT2D eigenvalue weighted by Gasteiger charge is 2.45. The standard InChI is InChI=1S/C23H29F2N3O2/c1-27(2)15-19-8-7-18(21-22(19)30-23(24,25)29-21)14-26-20-6-4-5-17(13-20)16-9-11-28(3)12-10-16/h4-8,13,16,26H,9-12,14-15H2,1-3H3. The van der Waals surface area contributed by atoms with Crippen molar-refractivity contribution in [3.05, 3.63) is 53.1 Å². The second-order valence-electron chi connectivity index (χ2n) is 8.50. The Morgan fingerprint density at radius 2 is 1.73 bits per heavy atom. The number of rotatable bonds is 6. The van der Waals surface area contributed by atoms with Crippen molar-refractivity contribution >= 4 is 5.69 Å². The zero-order valence-electron chi connectivity index (χ0n) is 17.8. The fourth-order valence-electron chi connectivity index (χ4n) is 4.17. The van der Waals surface area contributed by atoms with Gasteiger partial charge in [0.15, 0.2) is 11.5 Å². The number of halogens is 2. The summed E-state index contributed by atoms with van der Waals surface area (Å²) >= 11 is 0. The van der Waals surface area contributed by atoms with Crippen LogP contribution in [0.25, 0.3) is 0 Å². The van der Waals surface area contributed by atoms with E-state index in [9.17, 15) is 8.78 Å². The molecule has 4 rings (SSSR count).